The molecule has 1 aromatic carbocycles. The number of carbonyl (C=O) groups excluding carboxylic acids is 2. The van der Waals surface area contributed by atoms with E-state index >= 15 is 0 Å². The van der Waals surface area contributed by atoms with Crippen molar-refractivity contribution in [2.75, 3.05) is 17.7 Å². The van der Waals surface area contributed by atoms with E-state index in [1.165, 1.54) is 12.1 Å². The first-order chi connectivity index (χ1) is 11.2. The summed E-state index contributed by atoms with van der Waals surface area (Å²) in [6, 6.07) is 2.60. The molecule has 2 N–H and O–H groups in total. The zero-order valence-corrected chi connectivity index (χ0v) is 15.0. The van der Waals surface area contributed by atoms with Gasteiger partial charge in [-0.05, 0) is 19.4 Å². The number of benzene rings is 1. The summed E-state index contributed by atoms with van der Waals surface area (Å²) in [5, 5.41) is 5.24. The van der Waals surface area contributed by atoms with Gasteiger partial charge in [0.05, 0.1) is 21.4 Å². The molecule has 0 aliphatic carbocycles. The lowest BCUT2D eigenvalue weighted by atomic mass is 10.2. The molecule has 0 aromatic heterocycles. The SMILES string of the molecule is CC[C@H](C)NC(=O)CCS(=O)(=O)c1cc2c(cc1Cl)NC(=O)CO2. The highest BCUT2D eigenvalue weighted by Crippen LogP contribution is 2.36. The molecular formula is C15H19ClN2O5S. The molecule has 7 nitrogen and oxygen atoms in total. The highest BCUT2D eigenvalue weighted by Gasteiger charge is 2.25. The fourth-order valence-electron chi connectivity index (χ4n) is 2.11. The van der Waals surface area contributed by atoms with E-state index < -0.39 is 9.84 Å². The second-order valence-corrected chi connectivity index (χ2v) is 8.05. The number of halogens is 1. The summed E-state index contributed by atoms with van der Waals surface area (Å²) in [7, 11) is -3.76. The van der Waals surface area contributed by atoms with Crippen LogP contribution in [0.4, 0.5) is 5.69 Å². The normalized spacial score (nSPS) is 15.0. The van der Waals surface area contributed by atoms with Crippen LogP contribution in [0.1, 0.15) is 26.7 Å². The molecule has 24 heavy (non-hydrogen) atoms. The maximum Gasteiger partial charge on any atom is 0.262 e. The minimum absolute atomic E-state index is 0.00968. The zero-order valence-electron chi connectivity index (χ0n) is 13.4. The molecule has 1 aromatic rings. The molecule has 0 saturated heterocycles. The minimum atomic E-state index is -3.76. The lowest BCUT2D eigenvalue weighted by molar-refractivity contribution is -0.121. The predicted octanol–water partition coefficient (Wildman–Crippen LogP) is 1.75. The molecule has 1 atom stereocenters. The van der Waals surface area contributed by atoms with Crippen molar-refractivity contribution in [3.8, 4) is 5.75 Å². The average Bonchev–Trinajstić information content (AvgIpc) is 2.52. The first-order valence-electron chi connectivity index (χ1n) is 7.51. The fraction of sp³-hybridized carbons (Fsp3) is 0.467. The second-order valence-electron chi connectivity index (χ2n) is 5.56. The standard InChI is InChI=1S/C15H19ClN2O5S/c1-3-9(2)17-14(19)4-5-24(21,22)13-7-12-11(6-10(13)16)18-15(20)8-23-12/h6-7,9H,3-5,8H2,1-2H3,(H,17,19)(H,18,20)/t9-/m0/s1. The van der Waals surface area contributed by atoms with Crippen LogP contribution >= 0.6 is 11.6 Å². The number of nitrogens with one attached hydrogen (secondary N) is 2. The largest absolute Gasteiger partial charge is 0.482 e. The maximum absolute atomic E-state index is 12.5. The Morgan fingerprint density at radius 3 is 2.83 bits per heavy atom. The van der Waals surface area contributed by atoms with Crippen LogP contribution in [0.5, 0.6) is 5.75 Å². The predicted molar refractivity (Wildman–Crippen MR) is 90.1 cm³/mol. The number of amides is 2. The third kappa shape index (κ3) is 4.39. The van der Waals surface area contributed by atoms with Crippen LogP contribution < -0.4 is 15.4 Å². The van der Waals surface area contributed by atoms with E-state index in [2.05, 4.69) is 10.6 Å². The van der Waals surface area contributed by atoms with Gasteiger partial charge < -0.3 is 15.4 Å². The molecule has 1 aliphatic heterocycles. The third-order valence-corrected chi connectivity index (χ3v) is 5.79. The Labute approximate surface area is 145 Å². The molecule has 0 fully saturated rings. The van der Waals surface area contributed by atoms with Crippen LogP contribution in [0.25, 0.3) is 0 Å². The Kier molecular flexibility index (Phi) is 5.71. The van der Waals surface area contributed by atoms with Gasteiger partial charge >= 0.3 is 0 Å². The average molecular weight is 375 g/mol. The number of sulfone groups is 1. The number of carbonyl (C=O) groups is 2. The number of hydrogen-bond acceptors (Lipinski definition) is 5. The maximum atomic E-state index is 12.5. The number of anilines is 1. The van der Waals surface area contributed by atoms with Gasteiger partial charge in [-0.2, -0.15) is 0 Å². The van der Waals surface area contributed by atoms with E-state index in [1.807, 2.05) is 13.8 Å². The van der Waals surface area contributed by atoms with E-state index in [0.29, 0.717) is 5.69 Å². The first-order valence-corrected chi connectivity index (χ1v) is 9.54. The molecule has 1 aliphatic rings. The van der Waals surface area contributed by atoms with E-state index in [0.717, 1.165) is 6.42 Å². The summed E-state index contributed by atoms with van der Waals surface area (Å²) in [6.07, 6.45) is 0.607. The van der Waals surface area contributed by atoms with Crippen molar-refractivity contribution in [1.29, 1.82) is 0 Å². The summed E-state index contributed by atoms with van der Waals surface area (Å²) < 4.78 is 30.1. The highest BCUT2D eigenvalue weighted by atomic mass is 35.5. The fourth-order valence-corrected chi connectivity index (χ4v) is 3.94. The Morgan fingerprint density at radius 2 is 2.17 bits per heavy atom. The van der Waals surface area contributed by atoms with E-state index in [-0.39, 0.29) is 52.3 Å². The van der Waals surface area contributed by atoms with E-state index in [4.69, 9.17) is 16.3 Å². The van der Waals surface area contributed by atoms with E-state index in [1.54, 1.807) is 0 Å². The number of fused-ring (bicyclic) bond motifs is 1. The molecule has 1 heterocycles. The first kappa shape index (κ1) is 18.5. The quantitative estimate of drug-likeness (QED) is 0.789. The molecule has 2 amide bonds. The Bertz CT molecular complexity index is 763. The van der Waals surface area contributed by atoms with Crippen LogP contribution in [0.3, 0.4) is 0 Å². The van der Waals surface area contributed by atoms with Crippen LogP contribution in [0.15, 0.2) is 17.0 Å². The summed E-state index contributed by atoms with van der Waals surface area (Å²) in [5.74, 6) is -0.789. The Balaban J connectivity index is 2.15. The second kappa shape index (κ2) is 7.40. The van der Waals surface area contributed by atoms with Crippen LogP contribution in [-0.2, 0) is 19.4 Å². The van der Waals surface area contributed by atoms with Gasteiger partial charge in [-0.25, -0.2) is 8.42 Å². The van der Waals surface area contributed by atoms with Crippen molar-refractivity contribution >= 4 is 38.9 Å². The van der Waals surface area contributed by atoms with Gasteiger partial charge in [-0.3, -0.25) is 9.59 Å². The Morgan fingerprint density at radius 1 is 1.46 bits per heavy atom. The van der Waals surface area contributed by atoms with Gasteiger partial charge in [0.2, 0.25) is 5.91 Å². The van der Waals surface area contributed by atoms with Crippen LogP contribution in [-0.4, -0.2) is 38.6 Å². The van der Waals surface area contributed by atoms with Crippen molar-refractivity contribution < 1.29 is 22.7 Å². The van der Waals surface area contributed by atoms with Crippen molar-refractivity contribution in [2.24, 2.45) is 0 Å². The molecule has 9 heteroatoms. The summed E-state index contributed by atoms with van der Waals surface area (Å²) >= 11 is 6.03. The van der Waals surface area contributed by atoms with E-state index in [9.17, 15) is 18.0 Å². The van der Waals surface area contributed by atoms with Gasteiger partial charge in [0.15, 0.2) is 16.4 Å². The zero-order chi connectivity index (χ0) is 17.9. The van der Waals surface area contributed by atoms with Crippen LogP contribution in [0.2, 0.25) is 5.02 Å². The smallest absolute Gasteiger partial charge is 0.262 e. The van der Waals surface area contributed by atoms with Crippen molar-refractivity contribution in [1.82, 2.24) is 5.32 Å². The topological polar surface area (TPSA) is 102 Å². The van der Waals surface area contributed by atoms with Crippen molar-refractivity contribution in [2.45, 2.75) is 37.6 Å². The molecule has 0 bridgehead atoms. The number of rotatable bonds is 6. The van der Waals surface area contributed by atoms with Gasteiger partial charge in [0.25, 0.3) is 5.91 Å². The van der Waals surface area contributed by atoms with Gasteiger partial charge in [0.1, 0.15) is 5.75 Å². The molecule has 0 radical (unpaired) electrons. The minimum Gasteiger partial charge on any atom is -0.482 e. The highest BCUT2D eigenvalue weighted by molar-refractivity contribution is 7.91. The third-order valence-electron chi connectivity index (χ3n) is 3.62. The van der Waals surface area contributed by atoms with Gasteiger partial charge in [-0.15, -0.1) is 0 Å². The van der Waals surface area contributed by atoms with Crippen LogP contribution in [0, 0.1) is 0 Å². The summed E-state index contributed by atoms with van der Waals surface area (Å²) in [5.41, 5.74) is 0.324. The molecule has 0 saturated carbocycles. The number of hydrogen-bond donors (Lipinski definition) is 2. The lowest BCUT2D eigenvalue weighted by Crippen LogP contribution is -2.33. The van der Waals surface area contributed by atoms with Crippen molar-refractivity contribution in [3.05, 3.63) is 17.2 Å². The molecule has 0 spiro atoms. The molecule has 2 rings (SSSR count). The molecular weight excluding hydrogens is 356 g/mol. The lowest BCUT2D eigenvalue weighted by Gasteiger charge is -2.19. The van der Waals surface area contributed by atoms with Gasteiger partial charge in [-0.1, -0.05) is 18.5 Å². The Hall–Kier alpha value is -1.80. The van der Waals surface area contributed by atoms with Crippen molar-refractivity contribution in [3.63, 3.8) is 0 Å². The molecule has 0 unspecified atom stereocenters. The monoisotopic (exact) mass is 374 g/mol. The summed E-state index contributed by atoms with van der Waals surface area (Å²) in [4.78, 5) is 22.9. The summed E-state index contributed by atoms with van der Waals surface area (Å²) in [6.45, 7) is 3.58. The number of ether oxygens (including phenoxy) is 1. The molecule has 132 valence electrons. The van der Waals surface area contributed by atoms with Gasteiger partial charge in [0, 0.05) is 18.5 Å².